The molecule has 0 spiro atoms. The van der Waals surface area contributed by atoms with Crippen LogP contribution in [-0.4, -0.2) is 59.7 Å². The summed E-state index contributed by atoms with van der Waals surface area (Å²) in [5.74, 6) is -0.199. The molecule has 2 aromatic rings. The summed E-state index contributed by atoms with van der Waals surface area (Å²) < 4.78 is 13.7. The van der Waals surface area contributed by atoms with Crippen molar-refractivity contribution in [2.75, 3.05) is 42.9 Å². The van der Waals surface area contributed by atoms with Crippen LogP contribution in [0.2, 0.25) is 0 Å². The molecule has 0 bridgehead atoms. The molecule has 144 valence electrons. The van der Waals surface area contributed by atoms with Gasteiger partial charge in [0.15, 0.2) is 0 Å². The first-order chi connectivity index (χ1) is 13.0. The minimum absolute atomic E-state index is 0.00676. The molecule has 2 heterocycles. The third-order valence-corrected chi connectivity index (χ3v) is 4.56. The van der Waals surface area contributed by atoms with Crippen molar-refractivity contribution in [2.24, 2.45) is 0 Å². The van der Waals surface area contributed by atoms with Gasteiger partial charge in [-0.3, -0.25) is 9.69 Å². The number of aromatic nitrogens is 1. The number of aliphatic hydroxyl groups excluding tert-OH is 1. The zero-order valence-corrected chi connectivity index (χ0v) is 15.4. The number of β-amino-alcohol motifs (C(OH)–C–C–N with tert-alkyl or cyclic N) is 1. The summed E-state index contributed by atoms with van der Waals surface area (Å²) in [6.07, 6.45) is 2.26. The van der Waals surface area contributed by atoms with E-state index in [1.54, 1.807) is 31.3 Å². The number of anilines is 2. The monoisotopic (exact) mass is 372 g/mol. The molecule has 6 nitrogen and oxygen atoms in total. The summed E-state index contributed by atoms with van der Waals surface area (Å²) in [7, 11) is 0. The molecule has 27 heavy (non-hydrogen) atoms. The maximum Gasteiger partial charge on any atom is 0.258 e. The molecule has 1 fully saturated rings. The van der Waals surface area contributed by atoms with E-state index >= 15 is 0 Å². The summed E-state index contributed by atoms with van der Waals surface area (Å²) in [5.41, 5.74) is 0.532. The number of nitrogens with one attached hydrogen (secondary N) is 1. The van der Waals surface area contributed by atoms with Crippen LogP contribution >= 0.6 is 0 Å². The maximum absolute atomic E-state index is 13.7. The van der Waals surface area contributed by atoms with Crippen molar-refractivity contribution in [2.45, 2.75) is 19.4 Å². The second-order valence-corrected chi connectivity index (χ2v) is 6.83. The lowest BCUT2D eigenvalue weighted by molar-refractivity contribution is 0.102. The molecule has 1 saturated heterocycles. The molecule has 1 aliphatic heterocycles. The predicted octanol–water partition coefficient (Wildman–Crippen LogP) is 2.37. The molecular weight excluding hydrogens is 347 g/mol. The lowest BCUT2D eigenvalue weighted by Gasteiger charge is -2.23. The summed E-state index contributed by atoms with van der Waals surface area (Å²) >= 11 is 0. The van der Waals surface area contributed by atoms with Crippen LogP contribution < -0.4 is 10.2 Å². The van der Waals surface area contributed by atoms with Gasteiger partial charge >= 0.3 is 0 Å². The summed E-state index contributed by atoms with van der Waals surface area (Å²) in [6.45, 7) is 6.04. The highest BCUT2D eigenvalue weighted by molar-refractivity contribution is 6.04. The Hall–Kier alpha value is -2.51. The average molecular weight is 372 g/mol. The Balaban J connectivity index is 1.60. The molecule has 1 aromatic carbocycles. The molecular formula is C20H25FN4O2. The molecule has 1 aromatic heterocycles. The van der Waals surface area contributed by atoms with Crippen LogP contribution in [0, 0.1) is 5.82 Å². The van der Waals surface area contributed by atoms with Gasteiger partial charge in [-0.05, 0) is 44.2 Å². The third kappa shape index (κ3) is 5.24. The fourth-order valence-electron chi connectivity index (χ4n) is 3.25. The van der Waals surface area contributed by atoms with Crippen LogP contribution in [0.25, 0.3) is 0 Å². The van der Waals surface area contributed by atoms with Crippen molar-refractivity contribution in [1.29, 1.82) is 0 Å². The minimum Gasteiger partial charge on any atom is -0.392 e. The Labute approximate surface area is 158 Å². The second kappa shape index (κ2) is 8.92. The van der Waals surface area contributed by atoms with Gasteiger partial charge in [0.25, 0.3) is 5.91 Å². The van der Waals surface area contributed by atoms with E-state index in [9.17, 15) is 14.3 Å². The van der Waals surface area contributed by atoms with E-state index in [1.165, 1.54) is 12.1 Å². The van der Waals surface area contributed by atoms with Crippen LogP contribution in [0.5, 0.6) is 0 Å². The standard InChI is InChI=1S/C20H25FN4O2/c1-15(26)14-24-9-4-10-25(12-11-24)19-8-7-16(13-22-19)23-20(27)17-5-2-3-6-18(17)21/h2-3,5-8,13,15,26H,4,9-12,14H2,1H3,(H,23,27). The fraction of sp³-hybridized carbons (Fsp3) is 0.400. The maximum atomic E-state index is 13.7. The van der Waals surface area contributed by atoms with E-state index in [-0.39, 0.29) is 11.7 Å². The van der Waals surface area contributed by atoms with Gasteiger partial charge < -0.3 is 15.3 Å². The number of aliphatic hydroxyl groups is 1. The van der Waals surface area contributed by atoms with Gasteiger partial charge in [0, 0.05) is 26.2 Å². The minimum atomic E-state index is -0.550. The van der Waals surface area contributed by atoms with Gasteiger partial charge in [0.2, 0.25) is 0 Å². The fourth-order valence-corrected chi connectivity index (χ4v) is 3.25. The molecule has 2 N–H and O–H groups in total. The Morgan fingerprint density at radius 2 is 2.04 bits per heavy atom. The van der Waals surface area contributed by atoms with E-state index in [2.05, 4.69) is 20.1 Å². The molecule has 1 amide bonds. The molecule has 0 saturated carbocycles. The first kappa shape index (κ1) is 19.3. The summed E-state index contributed by atoms with van der Waals surface area (Å²) in [5, 5.41) is 12.2. The molecule has 3 rings (SSSR count). The molecule has 0 aliphatic carbocycles. The highest BCUT2D eigenvalue weighted by atomic mass is 19.1. The smallest absolute Gasteiger partial charge is 0.258 e. The zero-order valence-electron chi connectivity index (χ0n) is 15.4. The van der Waals surface area contributed by atoms with Crippen molar-refractivity contribution in [3.63, 3.8) is 0 Å². The number of hydrogen-bond acceptors (Lipinski definition) is 5. The molecule has 1 aliphatic rings. The number of hydrogen-bond donors (Lipinski definition) is 2. The first-order valence-electron chi connectivity index (χ1n) is 9.20. The number of carbonyl (C=O) groups excluding carboxylic acids is 1. The molecule has 1 unspecified atom stereocenters. The van der Waals surface area contributed by atoms with E-state index in [4.69, 9.17) is 0 Å². The van der Waals surface area contributed by atoms with E-state index in [1.807, 2.05) is 6.07 Å². The van der Waals surface area contributed by atoms with E-state index in [0.717, 1.165) is 38.4 Å². The van der Waals surface area contributed by atoms with Gasteiger partial charge in [-0.1, -0.05) is 12.1 Å². The first-order valence-corrected chi connectivity index (χ1v) is 9.20. The van der Waals surface area contributed by atoms with Gasteiger partial charge in [-0.25, -0.2) is 9.37 Å². The molecule has 1 atom stereocenters. The molecule has 0 radical (unpaired) electrons. The number of carbonyl (C=O) groups is 1. The Bertz CT molecular complexity index is 767. The van der Waals surface area contributed by atoms with Crippen molar-refractivity contribution >= 4 is 17.4 Å². The lowest BCUT2D eigenvalue weighted by Crippen LogP contribution is -2.35. The Kier molecular flexibility index (Phi) is 6.36. The van der Waals surface area contributed by atoms with Crippen molar-refractivity contribution in [1.82, 2.24) is 9.88 Å². The average Bonchev–Trinajstić information content (AvgIpc) is 2.88. The number of nitrogens with zero attached hydrogens (tertiary/aromatic N) is 3. The highest BCUT2D eigenvalue weighted by Crippen LogP contribution is 2.17. The number of rotatable bonds is 5. The Morgan fingerprint density at radius 1 is 1.22 bits per heavy atom. The summed E-state index contributed by atoms with van der Waals surface area (Å²) in [4.78, 5) is 21.1. The number of amides is 1. The van der Waals surface area contributed by atoms with Gasteiger partial charge in [-0.15, -0.1) is 0 Å². The second-order valence-electron chi connectivity index (χ2n) is 6.83. The van der Waals surface area contributed by atoms with Crippen molar-refractivity contribution < 1.29 is 14.3 Å². The third-order valence-electron chi connectivity index (χ3n) is 4.56. The van der Waals surface area contributed by atoms with E-state index < -0.39 is 11.7 Å². The Morgan fingerprint density at radius 3 is 2.74 bits per heavy atom. The number of benzene rings is 1. The van der Waals surface area contributed by atoms with Crippen LogP contribution in [0.3, 0.4) is 0 Å². The zero-order chi connectivity index (χ0) is 19.2. The predicted molar refractivity (Wildman–Crippen MR) is 104 cm³/mol. The van der Waals surface area contributed by atoms with E-state index in [0.29, 0.717) is 12.2 Å². The molecule has 7 heteroatoms. The topological polar surface area (TPSA) is 68.7 Å². The van der Waals surface area contributed by atoms with Gasteiger partial charge in [-0.2, -0.15) is 0 Å². The quantitative estimate of drug-likeness (QED) is 0.843. The highest BCUT2D eigenvalue weighted by Gasteiger charge is 2.17. The van der Waals surface area contributed by atoms with Crippen molar-refractivity contribution in [3.8, 4) is 0 Å². The van der Waals surface area contributed by atoms with Crippen LogP contribution in [0.4, 0.5) is 15.9 Å². The van der Waals surface area contributed by atoms with Crippen molar-refractivity contribution in [3.05, 3.63) is 54.0 Å². The lowest BCUT2D eigenvalue weighted by atomic mass is 10.2. The van der Waals surface area contributed by atoms with Crippen LogP contribution in [0.1, 0.15) is 23.7 Å². The van der Waals surface area contributed by atoms with Crippen LogP contribution in [-0.2, 0) is 0 Å². The number of pyridine rings is 1. The number of halogens is 1. The van der Waals surface area contributed by atoms with Crippen LogP contribution in [0.15, 0.2) is 42.6 Å². The van der Waals surface area contributed by atoms with Gasteiger partial charge in [0.1, 0.15) is 11.6 Å². The van der Waals surface area contributed by atoms with Gasteiger partial charge in [0.05, 0.1) is 23.6 Å². The SMILES string of the molecule is CC(O)CN1CCCN(c2ccc(NC(=O)c3ccccc3F)cn2)CC1. The summed E-state index contributed by atoms with van der Waals surface area (Å²) in [6, 6.07) is 9.52. The normalized spacial score (nSPS) is 16.6. The largest absolute Gasteiger partial charge is 0.392 e.